The number of hydrogen-bond acceptors (Lipinski definition) is 5. The molecule has 29 heavy (non-hydrogen) atoms. The minimum Gasteiger partial charge on any atom is -0.373 e. The Morgan fingerprint density at radius 3 is 2.38 bits per heavy atom. The van der Waals surface area contributed by atoms with Crippen LogP contribution in [0.4, 0.5) is 10.5 Å². The van der Waals surface area contributed by atoms with Crippen LogP contribution in [0.15, 0.2) is 29.2 Å². The van der Waals surface area contributed by atoms with Crippen LogP contribution in [-0.2, 0) is 14.8 Å². The number of rotatable bonds is 7. The number of sulfonamides is 1. The lowest BCUT2D eigenvalue weighted by Gasteiger charge is -2.34. The zero-order valence-corrected chi connectivity index (χ0v) is 18.7. The number of morpholine rings is 1. The van der Waals surface area contributed by atoms with Crippen molar-refractivity contribution in [2.45, 2.75) is 61.9 Å². The molecule has 0 radical (unpaired) electrons. The Kier molecular flexibility index (Phi) is 7.84. The molecule has 9 heteroatoms. The number of anilines is 1. The number of amides is 2. The molecule has 7 nitrogen and oxygen atoms in total. The molecular weight excluding hydrogens is 410 g/mol. The van der Waals surface area contributed by atoms with E-state index in [2.05, 4.69) is 10.6 Å². The number of urea groups is 1. The molecular formula is C20H31N3O4S2. The summed E-state index contributed by atoms with van der Waals surface area (Å²) in [6, 6.07) is 7.39. The number of hydrogen-bond donors (Lipinski definition) is 2. The molecule has 1 aromatic carbocycles. The lowest BCUT2D eigenvalue weighted by atomic mass is 10.3. The fourth-order valence-corrected chi connectivity index (χ4v) is 6.51. The number of ether oxygens (including phenoxy) is 1. The second-order valence-electron chi connectivity index (χ2n) is 7.82. The molecule has 162 valence electrons. The van der Waals surface area contributed by atoms with Crippen LogP contribution < -0.4 is 10.6 Å². The number of carbonyl (C=O) groups excluding carboxylic acids is 1. The van der Waals surface area contributed by atoms with Gasteiger partial charge in [0.05, 0.1) is 18.0 Å². The zero-order valence-electron chi connectivity index (χ0n) is 17.1. The lowest BCUT2D eigenvalue weighted by Crippen LogP contribution is -2.49. The van der Waals surface area contributed by atoms with E-state index >= 15 is 0 Å². The summed E-state index contributed by atoms with van der Waals surface area (Å²) in [7, 11) is -3.43. The van der Waals surface area contributed by atoms with E-state index in [-0.39, 0.29) is 24.5 Å². The van der Waals surface area contributed by atoms with Crippen LogP contribution in [0.3, 0.4) is 0 Å². The molecule has 3 rings (SSSR count). The van der Waals surface area contributed by atoms with Crippen molar-refractivity contribution in [1.29, 1.82) is 0 Å². The van der Waals surface area contributed by atoms with Gasteiger partial charge in [0.25, 0.3) is 0 Å². The Morgan fingerprint density at radius 1 is 1.14 bits per heavy atom. The highest BCUT2D eigenvalue weighted by molar-refractivity contribution is 8.00. The van der Waals surface area contributed by atoms with E-state index in [1.54, 1.807) is 0 Å². The standard InChI is InChI=1S/C20H31N3O4S2/c1-15-13-23(14-16(2)27-15)29(25,26)12-11-21-20(24)22-17-7-9-19(10-8-17)28-18-5-3-4-6-18/h7-10,15-16,18H,3-6,11-14H2,1-2H3,(H2,21,22,24). The molecule has 1 aromatic rings. The van der Waals surface area contributed by atoms with E-state index in [0.717, 1.165) is 0 Å². The molecule has 0 bridgehead atoms. The summed E-state index contributed by atoms with van der Waals surface area (Å²) in [6.45, 7) is 4.49. The van der Waals surface area contributed by atoms with Crippen molar-refractivity contribution >= 4 is 33.5 Å². The van der Waals surface area contributed by atoms with Gasteiger partial charge in [-0.3, -0.25) is 0 Å². The van der Waals surface area contributed by atoms with Crippen molar-refractivity contribution in [3.8, 4) is 0 Å². The first kappa shape index (κ1) is 22.4. The highest BCUT2D eigenvalue weighted by atomic mass is 32.2. The van der Waals surface area contributed by atoms with Gasteiger partial charge in [0.2, 0.25) is 10.0 Å². The minimum atomic E-state index is -3.43. The van der Waals surface area contributed by atoms with Gasteiger partial charge in [-0.15, -0.1) is 11.8 Å². The van der Waals surface area contributed by atoms with E-state index in [1.807, 2.05) is 49.9 Å². The molecule has 1 aliphatic heterocycles. The number of carbonyl (C=O) groups is 1. The van der Waals surface area contributed by atoms with Crippen molar-refractivity contribution in [2.75, 3.05) is 30.7 Å². The van der Waals surface area contributed by atoms with E-state index in [4.69, 9.17) is 4.74 Å². The number of nitrogens with one attached hydrogen (secondary N) is 2. The molecule has 0 spiro atoms. The first-order valence-corrected chi connectivity index (χ1v) is 12.8. The van der Waals surface area contributed by atoms with E-state index in [0.29, 0.717) is 24.0 Å². The quantitative estimate of drug-likeness (QED) is 0.678. The van der Waals surface area contributed by atoms with Gasteiger partial charge in [-0.2, -0.15) is 4.31 Å². The second-order valence-corrected chi connectivity index (χ2v) is 11.3. The Labute approximate surface area is 178 Å². The molecule has 2 unspecified atom stereocenters. The maximum atomic E-state index is 12.5. The third-order valence-corrected chi connectivity index (χ3v) is 8.30. The molecule has 0 aromatic heterocycles. The summed E-state index contributed by atoms with van der Waals surface area (Å²) < 4.78 is 32.0. The molecule has 1 saturated heterocycles. The van der Waals surface area contributed by atoms with Gasteiger partial charge in [-0.05, 0) is 51.0 Å². The Bertz CT molecular complexity index is 769. The van der Waals surface area contributed by atoms with Gasteiger partial charge in [0.15, 0.2) is 0 Å². The molecule has 2 fully saturated rings. The van der Waals surface area contributed by atoms with Gasteiger partial charge in [-0.25, -0.2) is 13.2 Å². The second kappa shape index (κ2) is 10.1. The van der Waals surface area contributed by atoms with E-state index in [1.165, 1.54) is 34.9 Å². The van der Waals surface area contributed by atoms with Gasteiger partial charge >= 0.3 is 6.03 Å². The molecule has 1 aliphatic carbocycles. The van der Waals surface area contributed by atoms with E-state index < -0.39 is 16.1 Å². The summed E-state index contributed by atoms with van der Waals surface area (Å²) in [5.41, 5.74) is 0.692. The van der Waals surface area contributed by atoms with Gasteiger partial charge < -0.3 is 15.4 Å². The number of nitrogens with zero attached hydrogens (tertiary/aromatic N) is 1. The summed E-state index contributed by atoms with van der Waals surface area (Å²) in [4.78, 5) is 13.3. The summed E-state index contributed by atoms with van der Waals surface area (Å²) >= 11 is 1.90. The third-order valence-electron chi connectivity index (χ3n) is 5.14. The largest absolute Gasteiger partial charge is 0.373 e. The monoisotopic (exact) mass is 441 g/mol. The van der Waals surface area contributed by atoms with Crippen LogP contribution in [0.2, 0.25) is 0 Å². The highest BCUT2D eigenvalue weighted by Crippen LogP contribution is 2.34. The fraction of sp³-hybridized carbons (Fsp3) is 0.650. The summed E-state index contributed by atoms with van der Waals surface area (Å²) in [6.07, 6.45) is 4.93. The van der Waals surface area contributed by atoms with Crippen LogP contribution in [0.25, 0.3) is 0 Å². The number of thioether (sulfide) groups is 1. The Hall–Kier alpha value is -1.29. The predicted molar refractivity (Wildman–Crippen MR) is 117 cm³/mol. The maximum Gasteiger partial charge on any atom is 0.319 e. The van der Waals surface area contributed by atoms with Crippen molar-refractivity contribution in [3.05, 3.63) is 24.3 Å². The SMILES string of the molecule is CC1CN(S(=O)(=O)CCNC(=O)Nc2ccc(SC3CCCC3)cc2)CC(C)O1. The average Bonchev–Trinajstić information content (AvgIpc) is 3.15. The van der Waals surface area contributed by atoms with Crippen LogP contribution in [-0.4, -0.2) is 61.6 Å². The van der Waals surface area contributed by atoms with Crippen LogP contribution in [0, 0.1) is 0 Å². The Morgan fingerprint density at radius 2 is 1.76 bits per heavy atom. The first-order chi connectivity index (χ1) is 13.8. The van der Waals surface area contributed by atoms with Crippen LogP contribution in [0.5, 0.6) is 0 Å². The normalized spacial score (nSPS) is 23.8. The van der Waals surface area contributed by atoms with Gasteiger partial charge in [0, 0.05) is 35.5 Å². The van der Waals surface area contributed by atoms with Gasteiger partial charge in [-0.1, -0.05) is 12.8 Å². The summed E-state index contributed by atoms with van der Waals surface area (Å²) in [5.74, 6) is -0.128. The van der Waals surface area contributed by atoms with Crippen molar-refractivity contribution in [2.24, 2.45) is 0 Å². The molecule has 2 amide bonds. The smallest absolute Gasteiger partial charge is 0.319 e. The molecule has 2 atom stereocenters. The van der Waals surface area contributed by atoms with Crippen molar-refractivity contribution in [3.63, 3.8) is 0 Å². The predicted octanol–water partition coefficient (Wildman–Crippen LogP) is 3.28. The molecule has 1 saturated carbocycles. The molecule has 2 aliphatic rings. The third kappa shape index (κ3) is 6.87. The molecule has 2 N–H and O–H groups in total. The van der Waals surface area contributed by atoms with Crippen molar-refractivity contribution in [1.82, 2.24) is 9.62 Å². The average molecular weight is 442 g/mol. The molecule has 1 heterocycles. The number of benzene rings is 1. The highest BCUT2D eigenvalue weighted by Gasteiger charge is 2.30. The van der Waals surface area contributed by atoms with Crippen LogP contribution in [0.1, 0.15) is 39.5 Å². The lowest BCUT2D eigenvalue weighted by molar-refractivity contribution is -0.0440. The van der Waals surface area contributed by atoms with Crippen molar-refractivity contribution < 1.29 is 17.9 Å². The summed E-state index contributed by atoms with van der Waals surface area (Å²) in [5, 5.41) is 6.09. The van der Waals surface area contributed by atoms with Gasteiger partial charge in [0.1, 0.15) is 0 Å². The fourth-order valence-electron chi connectivity index (χ4n) is 3.77. The van der Waals surface area contributed by atoms with Crippen LogP contribution >= 0.6 is 11.8 Å². The minimum absolute atomic E-state index is 0.0594. The first-order valence-electron chi connectivity index (χ1n) is 10.3. The topological polar surface area (TPSA) is 87.7 Å². The van der Waals surface area contributed by atoms with E-state index in [9.17, 15) is 13.2 Å². The zero-order chi connectivity index (χ0) is 20.9. The Balaban J connectivity index is 1.41. The maximum absolute atomic E-state index is 12.5.